The highest BCUT2D eigenvalue weighted by Gasteiger charge is 2.29. The van der Waals surface area contributed by atoms with Crippen molar-refractivity contribution in [1.82, 2.24) is 0 Å². The number of nitrogens with one attached hydrogen (secondary N) is 1. The molecule has 0 saturated heterocycles. The highest BCUT2D eigenvalue weighted by Crippen LogP contribution is 2.26. The molecule has 0 unspecified atom stereocenters. The van der Waals surface area contributed by atoms with Gasteiger partial charge < -0.3 is 9.73 Å². The van der Waals surface area contributed by atoms with E-state index >= 15 is 0 Å². The van der Waals surface area contributed by atoms with Gasteiger partial charge in [-0.2, -0.15) is 14.0 Å². The molecule has 118 valence electrons. The summed E-state index contributed by atoms with van der Waals surface area (Å²) >= 11 is 0.375. The van der Waals surface area contributed by atoms with Crippen molar-refractivity contribution in [3.8, 4) is 6.07 Å². The van der Waals surface area contributed by atoms with Crippen molar-refractivity contribution in [3.63, 3.8) is 0 Å². The molecule has 2 aromatic rings. The lowest BCUT2D eigenvalue weighted by molar-refractivity contribution is -0.117. The molecule has 1 heterocycles. The maximum atomic E-state index is 12.2. The summed E-state index contributed by atoms with van der Waals surface area (Å²) in [6, 6.07) is 10.1. The number of thioether (sulfide) groups is 1. The number of nitriles is 1. The number of furan rings is 1. The van der Waals surface area contributed by atoms with Crippen LogP contribution in [-0.2, 0) is 4.79 Å². The lowest BCUT2D eigenvalue weighted by atomic mass is 10.0. The molecule has 0 saturated carbocycles. The van der Waals surface area contributed by atoms with Crippen molar-refractivity contribution in [2.24, 2.45) is 5.92 Å². The van der Waals surface area contributed by atoms with Crippen molar-refractivity contribution >= 4 is 29.1 Å². The number of alkyl halides is 2. The van der Waals surface area contributed by atoms with Gasteiger partial charge in [-0.3, -0.25) is 9.59 Å². The number of halogens is 2. The van der Waals surface area contributed by atoms with Gasteiger partial charge in [0.15, 0.2) is 11.7 Å². The Kier molecular flexibility index (Phi) is 5.49. The summed E-state index contributed by atoms with van der Waals surface area (Å²) in [5.41, 5.74) is 0.293. The van der Waals surface area contributed by atoms with E-state index < -0.39 is 23.4 Å². The molecule has 0 aliphatic rings. The highest BCUT2D eigenvalue weighted by atomic mass is 32.2. The molecule has 1 N–H and O–H groups in total. The number of Topliss-reactive ketones (excluding diaryl/α,β-unsaturated/α-hetero) is 1. The second-order valence-electron chi connectivity index (χ2n) is 4.30. The fourth-order valence-corrected chi connectivity index (χ4v) is 2.23. The second-order valence-corrected chi connectivity index (χ2v) is 5.36. The standard InChI is InChI=1S/C15H10F2N2O3S/c16-15(17)23-10-5-3-9(4-6-10)19-14(21)11(8-18)13(20)12-2-1-7-22-12/h1-7,11,15H,(H,19,21)/t11-/m1/s1. The molecule has 0 aliphatic carbocycles. The smallest absolute Gasteiger partial charge is 0.288 e. The first-order valence-electron chi connectivity index (χ1n) is 6.34. The normalized spacial score (nSPS) is 11.7. The highest BCUT2D eigenvalue weighted by molar-refractivity contribution is 7.99. The molecule has 1 aromatic heterocycles. The average molecular weight is 336 g/mol. The molecule has 1 aromatic carbocycles. The van der Waals surface area contributed by atoms with Crippen molar-refractivity contribution < 1.29 is 22.8 Å². The Bertz CT molecular complexity index is 724. The van der Waals surface area contributed by atoms with Crippen molar-refractivity contribution in [3.05, 3.63) is 48.4 Å². The van der Waals surface area contributed by atoms with Gasteiger partial charge in [0.1, 0.15) is 0 Å². The second kappa shape index (κ2) is 7.56. The van der Waals surface area contributed by atoms with E-state index in [4.69, 9.17) is 9.68 Å². The molecule has 0 radical (unpaired) electrons. The minimum atomic E-state index is -2.54. The molecular weight excluding hydrogens is 326 g/mol. The zero-order valence-electron chi connectivity index (χ0n) is 11.5. The van der Waals surface area contributed by atoms with Gasteiger partial charge in [-0.15, -0.1) is 0 Å². The molecule has 8 heteroatoms. The third kappa shape index (κ3) is 4.40. The number of hydrogen-bond acceptors (Lipinski definition) is 5. The van der Waals surface area contributed by atoms with E-state index in [1.54, 1.807) is 6.07 Å². The van der Waals surface area contributed by atoms with Crippen LogP contribution in [-0.4, -0.2) is 17.4 Å². The third-order valence-corrected chi connectivity index (χ3v) is 3.49. The van der Waals surface area contributed by atoms with Gasteiger partial charge in [0, 0.05) is 10.6 Å². The van der Waals surface area contributed by atoms with Crippen LogP contribution in [0.1, 0.15) is 10.6 Å². The molecule has 0 bridgehead atoms. The van der Waals surface area contributed by atoms with E-state index in [1.165, 1.54) is 42.7 Å². The fourth-order valence-electron chi connectivity index (χ4n) is 1.73. The largest absolute Gasteiger partial charge is 0.461 e. The topological polar surface area (TPSA) is 83.1 Å². The quantitative estimate of drug-likeness (QED) is 0.495. The van der Waals surface area contributed by atoms with Crippen molar-refractivity contribution in [2.75, 3.05) is 5.32 Å². The van der Waals surface area contributed by atoms with E-state index in [0.717, 1.165) is 0 Å². The predicted molar refractivity (Wildman–Crippen MR) is 79.1 cm³/mol. The first-order chi connectivity index (χ1) is 11.0. The van der Waals surface area contributed by atoms with E-state index in [9.17, 15) is 18.4 Å². The van der Waals surface area contributed by atoms with Crippen LogP contribution in [0.5, 0.6) is 0 Å². The van der Waals surface area contributed by atoms with E-state index in [1.807, 2.05) is 0 Å². The number of benzene rings is 1. The number of carbonyl (C=O) groups is 2. The third-order valence-electron chi connectivity index (χ3n) is 2.76. The van der Waals surface area contributed by atoms with Gasteiger partial charge in [0.25, 0.3) is 5.76 Å². The number of ketones is 1. The Hall–Kier alpha value is -2.66. The molecule has 0 fully saturated rings. The summed E-state index contributed by atoms with van der Waals surface area (Å²) in [4.78, 5) is 24.3. The zero-order valence-corrected chi connectivity index (χ0v) is 12.3. The van der Waals surface area contributed by atoms with Gasteiger partial charge in [-0.25, -0.2) is 0 Å². The molecular formula is C15H10F2N2O3S. The van der Waals surface area contributed by atoms with Crippen LogP contribution in [0.3, 0.4) is 0 Å². The molecule has 1 amide bonds. The Morgan fingerprint density at radius 1 is 1.22 bits per heavy atom. The Balaban J connectivity index is 2.05. The Morgan fingerprint density at radius 2 is 1.91 bits per heavy atom. The van der Waals surface area contributed by atoms with Crippen LogP contribution in [0.2, 0.25) is 0 Å². The Morgan fingerprint density at radius 3 is 2.43 bits per heavy atom. The van der Waals surface area contributed by atoms with E-state index in [-0.39, 0.29) is 5.76 Å². The van der Waals surface area contributed by atoms with Gasteiger partial charge in [-0.1, -0.05) is 11.8 Å². The molecule has 2 rings (SSSR count). The molecule has 23 heavy (non-hydrogen) atoms. The van der Waals surface area contributed by atoms with Crippen LogP contribution in [0.4, 0.5) is 14.5 Å². The Labute approximate surface area is 134 Å². The van der Waals surface area contributed by atoms with Crippen LogP contribution < -0.4 is 5.32 Å². The number of carbonyl (C=O) groups excluding carboxylic acids is 2. The number of hydrogen-bond donors (Lipinski definition) is 1. The molecule has 5 nitrogen and oxygen atoms in total. The summed E-state index contributed by atoms with van der Waals surface area (Å²) in [5, 5.41) is 11.4. The van der Waals surface area contributed by atoms with Crippen LogP contribution in [0.25, 0.3) is 0 Å². The van der Waals surface area contributed by atoms with E-state index in [0.29, 0.717) is 22.3 Å². The summed E-state index contributed by atoms with van der Waals surface area (Å²) in [6.07, 6.45) is 1.26. The zero-order chi connectivity index (χ0) is 16.8. The minimum absolute atomic E-state index is 0.0876. The molecule has 0 aliphatic heterocycles. The number of rotatable bonds is 6. The first kappa shape index (κ1) is 16.7. The SMILES string of the molecule is N#C[C@@H](C(=O)Nc1ccc(SC(F)F)cc1)C(=O)c1ccco1. The van der Waals surface area contributed by atoms with Gasteiger partial charge >= 0.3 is 0 Å². The van der Waals surface area contributed by atoms with Crippen molar-refractivity contribution in [1.29, 1.82) is 5.26 Å². The van der Waals surface area contributed by atoms with Crippen LogP contribution in [0, 0.1) is 17.2 Å². The monoisotopic (exact) mass is 336 g/mol. The first-order valence-corrected chi connectivity index (χ1v) is 7.22. The molecule has 0 spiro atoms. The summed E-state index contributed by atoms with van der Waals surface area (Å²) in [7, 11) is 0. The molecule has 1 atom stereocenters. The van der Waals surface area contributed by atoms with Crippen molar-refractivity contribution in [2.45, 2.75) is 10.7 Å². The van der Waals surface area contributed by atoms with Gasteiger partial charge in [0.2, 0.25) is 11.7 Å². The summed E-state index contributed by atoms with van der Waals surface area (Å²) in [5.74, 6) is -5.75. The maximum absolute atomic E-state index is 12.2. The summed E-state index contributed by atoms with van der Waals surface area (Å²) in [6.45, 7) is 0. The summed E-state index contributed by atoms with van der Waals surface area (Å²) < 4.78 is 29.3. The van der Waals surface area contributed by atoms with Crippen LogP contribution in [0.15, 0.2) is 52.0 Å². The minimum Gasteiger partial charge on any atom is -0.461 e. The number of amides is 1. The number of anilines is 1. The van der Waals surface area contributed by atoms with Gasteiger partial charge in [-0.05, 0) is 36.4 Å². The van der Waals surface area contributed by atoms with E-state index in [2.05, 4.69) is 5.32 Å². The maximum Gasteiger partial charge on any atom is 0.288 e. The lowest BCUT2D eigenvalue weighted by Gasteiger charge is -2.09. The lowest BCUT2D eigenvalue weighted by Crippen LogP contribution is -2.28. The van der Waals surface area contributed by atoms with Gasteiger partial charge in [0.05, 0.1) is 12.3 Å². The predicted octanol–water partition coefficient (Wildman–Crippen LogP) is 3.56. The van der Waals surface area contributed by atoms with Crippen LogP contribution >= 0.6 is 11.8 Å². The fraction of sp³-hybridized carbons (Fsp3) is 0.133. The number of nitrogens with zero attached hydrogens (tertiary/aromatic N) is 1. The average Bonchev–Trinajstić information content (AvgIpc) is 3.03.